The summed E-state index contributed by atoms with van der Waals surface area (Å²) in [7, 11) is 1.63. The molecule has 1 aromatic carbocycles. The number of ether oxygens (including phenoxy) is 2. The molecule has 1 saturated heterocycles. The molecule has 108 valence electrons. The first-order valence-corrected chi connectivity index (χ1v) is 6.92. The van der Waals surface area contributed by atoms with Crippen LogP contribution in [0.15, 0.2) is 18.2 Å². The molecule has 2 aliphatic heterocycles. The molecule has 1 N–H and O–H groups in total. The van der Waals surface area contributed by atoms with Gasteiger partial charge in [0.1, 0.15) is 6.61 Å². The molecule has 2 unspecified atom stereocenters. The topological polar surface area (TPSA) is 59.0 Å². The van der Waals surface area contributed by atoms with Gasteiger partial charge >= 0.3 is 0 Å². The lowest BCUT2D eigenvalue weighted by molar-refractivity contribution is -0.130. The summed E-state index contributed by atoms with van der Waals surface area (Å²) in [5.41, 5.74) is 1.07. The molecule has 2 aliphatic rings. The van der Waals surface area contributed by atoms with Crippen molar-refractivity contribution < 1.29 is 19.4 Å². The highest BCUT2D eigenvalue weighted by atomic mass is 16.5. The molecular weight excluding hydrogens is 258 g/mol. The van der Waals surface area contributed by atoms with Gasteiger partial charge in [-0.2, -0.15) is 0 Å². The Morgan fingerprint density at radius 3 is 3.00 bits per heavy atom. The van der Waals surface area contributed by atoms with Gasteiger partial charge in [0.25, 0.3) is 0 Å². The Bertz CT molecular complexity index is 517. The molecule has 0 aromatic heterocycles. The molecule has 0 bridgehead atoms. The Kier molecular flexibility index (Phi) is 3.53. The van der Waals surface area contributed by atoms with E-state index >= 15 is 0 Å². The van der Waals surface area contributed by atoms with E-state index in [0.29, 0.717) is 19.6 Å². The number of aliphatic hydroxyl groups is 1. The zero-order valence-electron chi connectivity index (χ0n) is 11.5. The maximum absolute atomic E-state index is 12.0. The second-order valence-electron chi connectivity index (χ2n) is 5.42. The first kappa shape index (κ1) is 13.2. The summed E-state index contributed by atoms with van der Waals surface area (Å²) < 4.78 is 11.1. The molecule has 5 nitrogen and oxygen atoms in total. The molecule has 1 fully saturated rings. The molecule has 20 heavy (non-hydrogen) atoms. The molecule has 1 aromatic rings. The fourth-order valence-electron chi connectivity index (χ4n) is 3.02. The number of nitrogens with zero attached hydrogens (tertiary/aromatic N) is 1. The van der Waals surface area contributed by atoms with Gasteiger partial charge in [-0.25, -0.2) is 0 Å². The van der Waals surface area contributed by atoms with Crippen LogP contribution < -0.4 is 9.47 Å². The van der Waals surface area contributed by atoms with Crippen LogP contribution >= 0.6 is 0 Å². The first-order chi connectivity index (χ1) is 9.72. The van der Waals surface area contributed by atoms with Gasteiger partial charge in [0.15, 0.2) is 11.5 Å². The highest BCUT2D eigenvalue weighted by Gasteiger charge is 2.36. The van der Waals surface area contributed by atoms with Crippen LogP contribution in [0.1, 0.15) is 12.0 Å². The minimum Gasteiger partial charge on any atom is -0.493 e. The average Bonchev–Trinajstić information content (AvgIpc) is 2.87. The van der Waals surface area contributed by atoms with Crippen LogP contribution in [0.4, 0.5) is 0 Å². The first-order valence-electron chi connectivity index (χ1n) is 6.92. The highest BCUT2D eigenvalue weighted by Crippen LogP contribution is 2.36. The van der Waals surface area contributed by atoms with E-state index in [-0.39, 0.29) is 24.5 Å². The van der Waals surface area contributed by atoms with Crippen molar-refractivity contribution >= 4 is 5.91 Å². The molecule has 1 amide bonds. The van der Waals surface area contributed by atoms with Crippen molar-refractivity contribution in [2.24, 2.45) is 5.92 Å². The largest absolute Gasteiger partial charge is 0.493 e. The number of benzene rings is 1. The number of fused-ring (bicyclic) bond motifs is 1. The van der Waals surface area contributed by atoms with E-state index in [0.717, 1.165) is 23.5 Å². The van der Waals surface area contributed by atoms with Gasteiger partial charge in [0.05, 0.1) is 13.2 Å². The Labute approximate surface area is 118 Å². The predicted octanol–water partition coefficient (Wildman–Crippen LogP) is 0.839. The minimum atomic E-state index is 0.0543. The van der Waals surface area contributed by atoms with Crippen molar-refractivity contribution in [3.05, 3.63) is 23.8 Å². The Balaban J connectivity index is 1.78. The quantitative estimate of drug-likeness (QED) is 0.889. The Morgan fingerprint density at radius 2 is 2.30 bits per heavy atom. The third-order valence-electron chi connectivity index (χ3n) is 4.09. The van der Waals surface area contributed by atoms with Crippen LogP contribution in [0, 0.1) is 5.92 Å². The van der Waals surface area contributed by atoms with Crippen LogP contribution in [0.5, 0.6) is 11.5 Å². The van der Waals surface area contributed by atoms with Crippen molar-refractivity contribution in [1.29, 1.82) is 0 Å². The van der Waals surface area contributed by atoms with Crippen molar-refractivity contribution in [2.75, 3.05) is 26.9 Å². The SMILES string of the molecule is COc1cccc2c1OCC(N1CC(CO)CC1=O)C2. The van der Waals surface area contributed by atoms with Crippen LogP contribution in [-0.2, 0) is 11.2 Å². The molecular formula is C15H19NO4. The van der Waals surface area contributed by atoms with Crippen LogP contribution in [0.25, 0.3) is 0 Å². The zero-order valence-corrected chi connectivity index (χ0v) is 11.5. The minimum absolute atomic E-state index is 0.0543. The van der Waals surface area contributed by atoms with Crippen molar-refractivity contribution in [3.8, 4) is 11.5 Å². The van der Waals surface area contributed by atoms with Crippen LogP contribution in [0.2, 0.25) is 0 Å². The van der Waals surface area contributed by atoms with Gasteiger partial charge in [-0.05, 0) is 12.5 Å². The van der Waals surface area contributed by atoms with Gasteiger partial charge in [0, 0.05) is 31.1 Å². The van der Waals surface area contributed by atoms with Crippen LogP contribution in [0.3, 0.4) is 0 Å². The number of hydrogen-bond donors (Lipinski definition) is 1. The van der Waals surface area contributed by atoms with E-state index in [1.165, 1.54) is 0 Å². The lowest BCUT2D eigenvalue weighted by Gasteiger charge is -2.33. The second-order valence-corrected chi connectivity index (χ2v) is 5.42. The van der Waals surface area contributed by atoms with Gasteiger partial charge < -0.3 is 19.5 Å². The average molecular weight is 277 g/mol. The third kappa shape index (κ3) is 2.22. The molecule has 3 rings (SSSR count). The molecule has 2 atom stereocenters. The Morgan fingerprint density at radius 1 is 1.45 bits per heavy atom. The van der Waals surface area contributed by atoms with E-state index in [1.807, 2.05) is 23.1 Å². The summed E-state index contributed by atoms with van der Waals surface area (Å²) in [4.78, 5) is 13.9. The number of hydrogen-bond acceptors (Lipinski definition) is 4. The van der Waals surface area contributed by atoms with Gasteiger partial charge in [-0.3, -0.25) is 4.79 Å². The van der Waals surface area contributed by atoms with Gasteiger partial charge in [-0.1, -0.05) is 12.1 Å². The summed E-state index contributed by atoms with van der Waals surface area (Å²) in [5, 5.41) is 9.20. The molecule has 0 spiro atoms. The number of methoxy groups -OCH3 is 1. The summed E-state index contributed by atoms with van der Waals surface area (Å²) in [6.07, 6.45) is 1.22. The van der Waals surface area contributed by atoms with Gasteiger partial charge in [-0.15, -0.1) is 0 Å². The second kappa shape index (κ2) is 5.32. The van der Waals surface area contributed by atoms with E-state index in [1.54, 1.807) is 7.11 Å². The molecule has 5 heteroatoms. The summed E-state index contributed by atoms with van der Waals surface area (Å²) in [5.74, 6) is 1.71. The monoisotopic (exact) mass is 277 g/mol. The number of aliphatic hydroxyl groups excluding tert-OH is 1. The number of para-hydroxylation sites is 1. The fraction of sp³-hybridized carbons (Fsp3) is 0.533. The van der Waals surface area contributed by atoms with E-state index in [2.05, 4.69) is 0 Å². The van der Waals surface area contributed by atoms with E-state index < -0.39 is 0 Å². The number of carbonyl (C=O) groups is 1. The molecule has 0 aliphatic carbocycles. The summed E-state index contributed by atoms with van der Waals surface area (Å²) >= 11 is 0. The van der Waals surface area contributed by atoms with E-state index in [4.69, 9.17) is 9.47 Å². The number of likely N-dealkylation sites (tertiary alicyclic amines) is 1. The third-order valence-corrected chi connectivity index (χ3v) is 4.09. The summed E-state index contributed by atoms with van der Waals surface area (Å²) in [6.45, 7) is 1.18. The lowest BCUT2D eigenvalue weighted by Crippen LogP contribution is -2.44. The lowest BCUT2D eigenvalue weighted by atomic mass is 10.0. The number of carbonyl (C=O) groups excluding carboxylic acids is 1. The summed E-state index contributed by atoms with van der Waals surface area (Å²) in [6, 6.07) is 5.88. The number of rotatable bonds is 3. The van der Waals surface area contributed by atoms with Crippen molar-refractivity contribution in [3.63, 3.8) is 0 Å². The smallest absolute Gasteiger partial charge is 0.223 e. The fourth-order valence-corrected chi connectivity index (χ4v) is 3.02. The standard InChI is InChI=1S/C15H19NO4/c1-19-13-4-2-3-11-6-12(9-20-15(11)13)16-7-10(8-17)5-14(16)18/h2-4,10,12,17H,5-9H2,1H3. The maximum Gasteiger partial charge on any atom is 0.223 e. The van der Waals surface area contributed by atoms with Crippen molar-refractivity contribution in [2.45, 2.75) is 18.9 Å². The normalized spacial score (nSPS) is 25.3. The van der Waals surface area contributed by atoms with Gasteiger partial charge in [0.2, 0.25) is 5.91 Å². The zero-order chi connectivity index (χ0) is 14.1. The molecule has 2 heterocycles. The van der Waals surface area contributed by atoms with Crippen LogP contribution in [-0.4, -0.2) is 48.8 Å². The van der Waals surface area contributed by atoms with Crippen molar-refractivity contribution in [1.82, 2.24) is 4.90 Å². The highest BCUT2D eigenvalue weighted by molar-refractivity contribution is 5.79. The molecule has 0 saturated carbocycles. The van der Waals surface area contributed by atoms with E-state index in [9.17, 15) is 9.90 Å². The number of amides is 1. The Hall–Kier alpha value is -1.75. The predicted molar refractivity (Wildman–Crippen MR) is 72.9 cm³/mol. The molecule has 0 radical (unpaired) electrons. The maximum atomic E-state index is 12.0.